The van der Waals surface area contributed by atoms with Crippen molar-refractivity contribution in [1.29, 1.82) is 0 Å². The predicted octanol–water partition coefficient (Wildman–Crippen LogP) is 5.88. The second-order valence-corrected chi connectivity index (χ2v) is 12.1. The van der Waals surface area contributed by atoms with E-state index in [0.717, 1.165) is 24.0 Å². The fourth-order valence-corrected chi connectivity index (χ4v) is 5.43. The summed E-state index contributed by atoms with van der Waals surface area (Å²) in [4.78, 5) is 17.0. The maximum Gasteiger partial charge on any atom is 0.228 e. The van der Waals surface area contributed by atoms with Gasteiger partial charge in [0, 0.05) is 29.1 Å². The molecule has 1 amide bonds. The Kier molecular flexibility index (Phi) is 6.58. The SMILES string of the molecule is Cc1cc(CC(=O)Nc2cnn(C(C)(C)C)c2)ccc1Oc1ccnc2cc(F)c(S(=O)C3CC3)cc12. The molecule has 1 aliphatic carbocycles. The zero-order valence-corrected chi connectivity index (χ0v) is 22.1. The third kappa shape index (κ3) is 5.56. The topological polar surface area (TPSA) is 86.1 Å². The first-order valence-electron chi connectivity index (χ1n) is 12.2. The summed E-state index contributed by atoms with van der Waals surface area (Å²) in [6, 6.07) is 10.2. The van der Waals surface area contributed by atoms with Gasteiger partial charge in [-0.05, 0) is 69.9 Å². The number of rotatable bonds is 7. The lowest BCUT2D eigenvalue weighted by Gasteiger charge is -2.18. The molecule has 9 heteroatoms. The number of nitrogens with zero attached hydrogens (tertiary/aromatic N) is 3. The standard InChI is InChI=1S/C28H29FN4O3S/c1-17-11-18(12-27(34)32-19-15-31-33(16-19)28(2,3)4)5-8-24(17)36-25-9-10-30-23-14-22(29)26(13-21(23)25)37(35)20-6-7-20/h5,8-11,13-16,20H,6-7,12H2,1-4H3,(H,32,34). The number of fused-ring (bicyclic) bond motifs is 1. The maximum absolute atomic E-state index is 14.6. The molecule has 37 heavy (non-hydrogen) atoms. The number of aryl methyl sites for hydroxylation is 1. The fourth-order valence-electron chi connectivity index (χ4n) is 4.03. The second-order valence-electron chi connectivity index (χ2n) is 10.4. The van der Waals surface area contributed by atoms with Gasteiger partial charge in [-0.25, -0.2) is 4.39 Å². The van der Waals surface area contributed by atoms with Crippen molar-refractivity contribution >= 4 is 33.3 Å². The third-order valence-corrected chi connectivity index (χ3v) is 8.00. The zero-order chi connectivity index (χ0) is 26.3. The van der Waals surface area contributed by atoms with E-state index in [1.165, 1.54) is 6.07 Å². The Morgan fingerprint density at radius 3 is 2.65 bits per heavy atom. The highest BCUT2D eigenvalue weighted by molar-refractivity contribution is 7.86. The van der Waals surface area contributed by atoms with Crippen LogP contribution in [-0.2, 0) is 27.6 Å². The number of amides is 1. The first kappa shape index (κ1) is 25.1. The van der Waals surface area contributed by atoms with Gasteiger partial charge in [-0.3, -0.25) is 18.7 Å². The average Bonchev–Trinajstić information content (AvgIpc) is 3.57. The largest absolute Gasteiger partial charge is 0.456 e. The van der Waals surface area contributed by atoms with Crippen LogP contribution in [0.1, 0.15) is 44.7 Å². The molecule has 2 heterocycles. The van der Waals surface area contributed by atoms with Gasteiger partial charge >= 0.3 is 0 Å². The number of halogens is 1. The third-order valence-electron chi connectivity index (χ3n) is 6.18. The molecule has 0 aliphatic heterocycles. The van der Waals surface area contributed by atoms with Crippen molar-refractivity contribution in [3.63, 3.8) is 0 Å². The lowest BCUT2D eigenvalue weighted by molar-refractivity contribution is -0.115. The van der Waals surface area contributed by atoms with Crippen LogP contribution in [0.25, 0.3) is 10.9 Å². The fraction of sp³-hybridized carbons (Fsp3) is 0.321. The first-order chi connectivity index (χ1) is 17.6. The Bertz CT molecular complexity index is 1520. The van der Waals surface area contributed by atoms with E-state index >= 15 is 0 Å². The lowest BCUT2D eigenvalue weighted by Crippen LogP contribution is -2.22. The molecule has 0 saturated heterocycles. The van der Waals surface area contributed by atoms with E-state index in [2.05, 4.69) is 15.4 Å². The molecule has 1 saturated carbocycles. The minimum absolute atomic E-state index is 0.0228. The molecule has 1 atom stereocenters. The number of benzene rings is 2. The minimum atomic E-state index is -1.38. The van der Waals surface area contributed by atoms with Crippen molar-refractivity contribution < 1.29 is 18.1 Å². The molecule has 1 aliphatic rings. The van der Waals surface area contributed by atoms with Gasteiger partial charge in [0.2, 0.25) is 5.91 Å². The van der Waals surface area contributed by atoms with Crippen LogP contribution in [0.4, 0.5) is 10.1 Å². The van der Waals surface area contributed by atoms with Crippen LogP contribution in [0.15, 0.2) is 59.9 Å². The number of hydrogen-bond donors (Lipinski definition) is 1. The first-order valence-corrected chi connectivity index (χ1v) is 13.4. The molecule has 5 rings (SSSR count). The number of hydrogen-bond acceptors (Lipinski definition) is 5. The van der Waals surface area contributed by atoms with E-state index in [1.807, 2.05) is 56.8 Å². The van der Waals surface area contributed by atoms with Gasteiger partial charge in [0.15, 0.2) is 0 Å². The number of anilines is 1. The summed E-state index contributed by atoms with van der Waals surface area (Å²) in [5, 5.41) is 7.83. The smallest absolute Gasteiger partial charge is 0.228 e. The molecule has 7 nitrogen and oxygen atoms in total. The highest BCUT2D eigenvalue weighted by Crippen LogP contribution is 2.36. The lowest BCUT2D eigenvalue weighted by atomic mass is 10.1. The van der Waals surface area contributed by atoms with Crippen LogP contribution in [0.2, 0.25) is 0 Å². The molecule has 2 aromatic carbocycles. The molecule has 2 aromatic heterocycles. The number of pyridine rings is 1. The van der Waals surface area contributed by atoms with Crippen LogP contribution >= 0.6 is 0 Å². The van der Waals surface area contributed by atoms with Crippen LogP contribution in [0.3, 0.4) is 0 Å². The molecular weight excluding hydrogens is 491 g/mol. The van der Waals surface area contributed by atoms with Crippen molar-refractivity contribution in [3.8, 4) is 11.5 Å². The number of nitrogens with one attached hydrogen (secondary N) is 1. The van der Waals surface area contributed by atoms with Gasteiger partial charge < -0.3 is 10.1 Å². The van der Waals surface area contributed by atoms with E-state index in [-0.39, 0.29) is 28.0 Å². The Balaban J connectivity index is 1.32. The van der Waals surface area contributed by atoms with E-state index in [4.69, 9.17) is 4.74 Å². The predicted molar refractivity (Wildman–Crippen MR) is 142 cm³/mol. The molecule has 0 radical (unpaired) electrons. The highest BCUT2D eigenvalue weighted by Gasteiger charge is 2.31. The van der Waals surface area contributed by atoms with Crippen LogP contribution in [-0.4, -0.2) is 30.1 Å². The van der Waals surface area contributed by atoms with Crippen molar-refractivity contribution in [3.05, 3.63) is 71.9 Å². The van der Waals surface area contributed by atoms with Gasteiger partial charge in [0.1, 0.15) is 17.3 Å². The van der Waals surface area contributed by atoms with Crippen molar-refractivity contribution in [2.45, 2.75) is 62.6 Å². The van der Waals surface area contributed by atoms with E-state index in [9.17, 15) is 13.4 Å². The Morgan fingerprint density at radius 2 is 1.97 bits per heavy atom. The Hall–Kier alpha value is -3.59. The average molecular weight is 521 g/mol. The van der Waals surface area contributed by atoms with Crippen LogP contribution in [0.5, 0.6) is 11.5 Å². The van der Waals surface area contributed by atoms with Gasteiger partial charge in [0.05, 0.1) is 45.1 Å². The van der Waals surface area contributed by atoms with E-state index in [1.54, 1.807) is 24.5 Å². The number of aromatic nitrogens is 3. The zero-order valence-electron chi connectivity index (χ0n) is 21.2. The highest BCUT2D eigenvalue weighted by atomic mass is 32.2. The summed E-state index contributed by atoms with van der Waals surface area (Å²) in [7, 11) is -1.38. The normalized spacial score (nSPS) is 14.5. The van der Waals surface area contributed by atoms with Gasteiger partial charge in [-0.1, -0.05) is 12.1 Å². The minimum Gasteiger partial charge on any atom is -0.456 e. The summed E-state index contributed by atoms with van der Waals surface area (Å²) in [6.07, 6.45) is 6.92. The molecule has 1 fully saturated rings. The van der Waals surface area contributed by atoms with E-state index < -0.39 is 16.6 Å². The van der Waals surface area contributed by atoms with Gasteiger partial charge in [0.25, 0.3) is 0 Å². The molecule has 1 N–H and O–H groups in total. The van der Waals surface area contributed by atoms with Crippen LogP contribution < -0.4 is 10.1 Å². The summed E-state index contributed by atoms with van der Waals surface area (Å²) < 4.78 is 35.3. The molecule has 0 bridgehead atoms. The number of carbonyl (C=O) groups is 1. The molecule has 1 unspecified atom stereocenters. The van der Waals surface area contributed by atoms with Crippen molar-refractivity contribution in [1.82, 2.24) is 14.8 Å². The monoisotopic (exact) mass is 520 g/mol. The Morgan fingerprint density at radius 1 is 1.19 bits per heavy atom. The van der Waals surface area contributed by atoms with Crippen LogP contribution in [0, 0.1) is 12.7 Å². The number of ether oxygens (including phenoxy) is 1. The van der Waals surface area contributed by atoms with Gasteiger partial charge in [-0.2, -0.15) is 5.10 Å². The molecule has 0 spiro atoms. The Labute approximate surface area is 217 Å². The molecule has 4 aromatic rings. The quantitative estimate of drug-likeness (QED) is 0.329. The molecule has 192 valence electrons. The van der Waals surface area contributed by atoms with Crippen molar-refractivity contribution in [2.24, 2.45) is 0 Å². The molecular formula is C28H29FN4O3S. The summed E-state index contributed by atoms with van der Waals surface area (Å²) in [5.41, 5.74) is 2.61. The number of carbonyl (C=O) groups excluding carboxylic acids is 1. The summed E-state index contributed by atoms with van der Waals surface area (Å²) in [6.45, 7) is 8.03. The summed E-state index contributed by atoms with van der Waals surface area (Å²) in [5.74, 6) is 0.465. The summed E-state index contributed by atoms with van der Waals surface area (Å²) >= 11 is 0. The maximum atomic E-state index is 14.6. The van der Waals surface area contributed by atoms with E-state index in [0.29, 0.717) is 28.1 Å². The van der Waals surface area contributed by atoms with Gasteiger partial charge in [-0.15, -0.1) is 0 Å². The second kappa shape index (κ2) is 9.70. The van der Waals surface area contributed by atoms with Crippen molar-refractivity contribution in [2.75, 3.05) is 5.32 Å².